The average molecular weight is 656 g/mol. The number of pyridine rings is 1. The first kappa shape index (κ1) is 32.2. The molecule has 0 spiro atoms. The quantitative estimate of drug-likeness (QED) is 0.108. The van der Waals surface area contributed by atoms with Gasteiger partial charge in [0, 0.05) is 29.9 Å². The second-order valence-corrected chi connectivity index (χ2v) is 12.2. The van der Waals surface area contributed by atoms with E-state index in [4.69, 9.17) is 14.2 Å². The number of imide groups is 1. The summed E-state index contributed by atoms with van der Waals surface area (Å²) in [6.45, 7) is -0.0239. The molecule has 2 aliphatic heterocycles. The fourth-order valence-electron chi connectivity index (χ4n) is 5.43. The summed E-state index contributed by atoms with van der Waals surface area (Å²) in [6.07, 6.45) is -0.321. The van der Waals surface area contributed by atoms with Gasteiger partial charge in [-0.3, -0.25) is 9.59 Å². The molecule has 0 radical (unpaired) electrons. The minimum atomic E-state index is -1.04. The number of hydrogen-bond donors (Lipinski definition) is 2. The van der Waals surface area contributed by atoms with Crippen LogP contribution in [-0.4, -0.2) is 40.9 Å². The molecule has 2 aliphatic rings. The zero-order valence-electron chi connectivity index (χ0n) is 25.3. The van der Waals surface area contributed by atoms with Crippen LogP contribution in [0, 0.1) is 5.21 Å². The Kier molecular flexibility index (Phi) is 10.1. The van der Waals surface area contributed by atoms with Crippen LogP contribution in [0.25, 0.3) is 0 Å². The van der Waals surface area contributed by atoms with E-state index in [9.17, 15) is 24.7 Å². The Morgan fingerprint density at radius 2 is 1.66 bits per heavy atom. The Labute approximate surface area is 275 Å². The standard InChI is InChI=1S/C35H33N3O8S/c39-20-23-9-11-25(12-10-23)30-18-28(22-47-32-8-4-5-17-37(32)43)45-34(46-30)26-13-15-27(16-14-26)38-31(40)19-29(33(38)41)36-35(42)44-21-24-6-2-1-3-7-24/h1-17,28-30,34,39H,18-22H2,(H,36,42). The van der Waals surface area contributed by atoms with E-state index < -0.39 is 30.2 Å². The fourth-order valence-corrected chi connectivity index (χ4v) is 6.36. The van der Waals surface area contributed by atoms with E-state index >= 15 is 0 Å². The highest BCUT2D eigenvalue weighted by atomic mass is 32.2. The number of amides is 3. The molecule has 2 saturated heterocycles. The van der Waals surface area contributed by atoms with E-state index in [1.807, 2.05) is 60.7 Å². The summed E-state index contributed by atoms with van der Waals surface area (Å²) in [4.78, 5) is 39.4. The predicted molar refractivity (Wildman–Crippen MR) is 172 cm³/mol. The van der Waals surface area contributed by atoms with Crippen LogP contribution < -0.4 is 14.9 Å². The second-order valence-electron chi connectivity index (χ2n) is 11.1. The first-order valence-electron chi connectivity index (χ1n) is 15.1. The summed E-state index contributed by atoms with van der Waals surface area (Å²) in [5.41, 5.74) is 3.55. The second kappa shape index (κ2) is 14.8. The van der Waals surface area contributed by atoms with Crippen LogP contribution in [0.3, 0.4) is 0 Å². The van der Waals surface area contributed by atoms with Crippen LogP contribution in [0.5, 0.6) is 0 Å². The smallest absolute Gasteiger partial charge is 0.408 e. The lowest BCUT2D eigenvalue weighted by molar-refractivity contribution is -0.645. The number of nitrogens with zero attached hydrogens (tertiary/aromatic N) is 2. The van der Waals surface area contributed by atoms with Crippen LogP contribution in [0.1, 0.15) is 47.5 Å². The molecule has 0 bridgehead atoms. The highest BCUT2D eigenvalue weighted by molar-refractivity contribution is 7.99. The molecule has 242 valence electrons. The van der Waals surface area contributed by atoms with Crippen LogP contribution >= 0.6 is 11.8 Å². The fraction of sp³-hybridized carbons (Fsp3) is 0.257. The molecular formula is C35H33N3O8S. The third-order valence-electron chi connectivity index (χ3n) is 7.90. The van der Waals surface area contributed by atoms with Gasteiger partial charge >= 0.3 is 6.09 Å². The SMILES string of the molecule is O=C(NC1CC(=O)N(c2ccc(C3OC(CSc4cccc[n+]4[O-])CC(c4ccc(CO)cc4)O3)cc2)C1=O)OCc1ccccc1. The number of hydrogen-bond acceptors (Lipinski definition) is 9. The van der Waals surface area contributed by atoms with Gasteiger partial charge in [-0.05, 0) is 34.9 Å². The van der Waals surface area contributed by atoms with Gasteiger partial charge in [-0.1, -0.05) is 78.5 Å². The summed E-state index contributed by atoms with van der Waals surface area (Å²) in [7, 11) is 0. The van der Waals surface area contributed by atoms with Gasteiger partial charge in [-0.25, -0.2) is 9.69 Å². The van der Waals surface area contributed by atoms with Crippen molar-refractivity contribution in [1.29, 1.82) is 0 Å². The molecule has 0 aliphatic carbocycles. The first-order chi connectivity index (χ1) is 22.9. The summed E-state index contributed by atoms with van der Waals surface area (Å²) in [5.74, 6) is -0.486. The Bertz CT molecular complexity index is 1700. The number of rotatable bonds is 10. The number of aliphatic hydroxyl groups excluding tert-OH is 1. The number of ether oxygens (including phenoxy) is 3. The lowest BCUT2D eigenvalue weighted by Gasteiger charge is -2.36. The van der Waals surface area contributed by atoms with Gasteiger partial charge in [0.25, 0.3) is 10.9 Å². The number of carbonyl (C=O) groups is 3. The maximum atomic E-state index is 13.2. The molecule has 12 heteroatoms. The van der Waals surface area contributed by atoms with Gasteiger partial charge < -0.3 is 29.8 Å². The van der Waals surface area contributed by atoms with E-state index in [1.54, 1.807) is 36.4 Å². The van der Waals surface area contributed by atoms with Crippen molar-refractivity contribution in [2.24, 2.45) is 0 Å². The van der Waals surface area contributed by atoms with E-state index in [-0.39, 0.29) is 31.8 Å². The summed E-state index contributed by atoms with van der Waals surface area (Å²) >= 11 is 1.40. The van der Waals surface area contributed by atoms with Crippen molar-refractivity contribution in [3.8, 4) is 0 Å². The maximum absolute atomic E-state index is 13.2. The van der Waals surface area contributed by atoms with E-state index in [0.717, 1.165) is 26.3 Å². The van der Waals surface area contributed by atoms with Crippen LogP contribution in [-0.2, 0) is 37.0 Å². The topological polar surface area (TPSA) is 141 Å². The number of thioether (sulfide) groups is 1. The highest BCUT2D eigenvalue weighted by Crippen LogP contribution is 2.40. The summed E-state index contributed by atoms with van der Waals surface area (Å²) in [5, 5.41) is 24.7. The van der Waals surface area contributed by atoms with E-state index in [2.05, 4.69) is 5.32 Å². The monoisotopic (exact) mass is 655 g/mol. The Morgan fingerprint density at radius 1 is 0.936 bits per heavy atom. The maximum Gasteiger partial charge on any atom is 0.408 e. The number of benzene rings is 3. The normalized spacial score (nSPS) is 21.1. The predicted octanol–water partition coefficient (Wildman–Crippen LogP) is 4.71. The number of carbonyl (C=O) groups excluding carboxylic acids is 3. The number of aromatic nitrogens is 1. The molecule has 2 N–H and O–H groups in total. The molecule has 2 fully saturated rings. The number of anilines is 1. The van der Waals surface area contributed by atoms with Crippen molar-refractivity contribution in [1.82, 2.24) is 5.32 Å². The van der Waals surface area contributed by atoms with Crippen molar-refractivity contribution in [2.45, 2.75) is 55.6 Å². The van der Waals surface area contributed by atoms with Crippen molar-refractivity contribution in [3.05, 3.63) is 131 Å². The number of nitrogens with one attached hydrogen (secondary N) is 1. The zero-order chi connectivity index (χ0) is 32.8. The largest absolute Gasteiger partial charge is 0.618 e. The zero-order valence-corrected chi connectivity index (χ0v) is 26.1. The third-order valence-corrected chi connectivity index (χ3v) is 9.05. The minimum absolute atomic E-state index is 0.0390. The molecule has 11 nitrogen and oxygen atoms in total. The van der Waals surface area contributed by atoms with Crippen molar-refractivity contribution >= 4 is 35.4 Å². The van der Waals surface area contributed by atoms with Gasteiger partial charge in [0.2, 0.25) is 5.91 Å². The Balaban J connectivity index is 1.13. The summed E-state index contributed by atoms with van der Waals surface area (Å²) in [6, 6.07) is 27.6. The van der Waals surface area contributed by atoms with Crippen LogP contribution in [0.2, 0.25) is 0 Å². The third kappa shape index (κ3) is 7.80. The molecule has 3 aromatic carbocycles. The lowest BCUT2D eigenvalue weighted by Crippen LogP contribution is -2.42. The molecule has 4 aromatic rings. The molecule has 3 amide bonds. The molecule has 6 rings (SSSR count). The van der Waals surface area contributed by atoms with E-state index in [1.165, 1.54) is 18.0 Å². The van der Waals surface area contributed by atoms with Crippen LogP contribution in [0.4, 0.5) is 10.5 Å². The van der Waals surface area contributed by atoms with E-state index in [0.29, 0.717) is 28.5 Å². The highest BCUT2D eigenvalue weighted by Gasteiger charge is 2.41. The molecule has 1 aromatic heterocycles. The van der Waals surface area contributed by atoms with Crippen molar-refractivity contribution < 1.29 is 38.4 Å². The molecule has 4 unspecified atom stereocenters. The van der Waals surface area contributed by atoms with Gasteiger partial charge in [-0.15, -0.1) is 0 Å². The molecule has 4 atom stereocenters. The molecule has 3 heterocycles. The van der Waals surface area contributed by atoms with Crippen molar-refractivity contribution in [2.75, 3.05) is 10.7 Å². The lowest BCUT2D eigenvalue weighted by atomic mass is 10.0. The van der Waals surface area contributed by atoms with Gasteiger partial charge in [0.1, 0.15) is 12.6 Å². The van der Waals surface area contributed by atoms with Crippen LogP contribution in [0.15, 0.2) is 108 Å². The molecule has 0 saturated carbocycles. The summed E-state index contributed by atoms with van der Waals surface area (Å²) < 4.78 is 18.8. The van der Waals surface area contributed by atoms with Gasteiger partial charge in [0.15, 0.2) is 12.5 Å². The average Bonchev–Trinajstić information content (AvgIpc) is 3.38. The van der Waals surface area contributed by atoms with Gasteiger partial charge in [0.05, 0.1) is 30.9 Å². The van der Waals surface area contributed by atoms with Gasteiger partial charge in [-0.2, -0.15) is 4.73 Å². The molecular weight excluding hydrogens is 622 g/mol. The number of alkyl carbamates (subject to hydrolysis) is 1. The Morgan fingerprint density at radius 3 is 2.38 bits per heavy atom. The Hall–Kier alpha value is -4.75. The number of aliphatic hydroxyl groups is 1. The minimum Gasteiger partial charge on any atom is -0.618 e. The first-order valence-corrected chi connectivity index (χ1v) is 16.1. The molecule has 47 heavy (non-hydrogen) atoms. The van der Waals surface area contributed by atoms with Crippen molar-refractivity contribution in [3.63, 3.8) is 0 Å².